The Labute approximate surface area is 113 Å². The van der Waals surface area contributed by atoms with Gasteiger partial charge in [0.25, 0.3) is 0 Å². The molecule has 0 saturated carbocycles. The fourth-order valence-electron chi connectivity index (χ4n) is 1.94. The molecule has 1 aromatic rings. The van der Waals surface area contributed by atoms with Crippen LogP contribution in [0.5, 0.6) is 0 Å². The Kier molecular flexibility index (Phi) is 3.84. The van der Waals surface area contributed by atoms with Gasteiger partial charge in [-0.25, -0.2) is 5.43 Å². The van der Waals surface area contributed by atoms with E-state index in [4.69, 9.17) is 12.2 Å². The van der Waals surface area contributed by atoms with E-state index in [-0.39, 0.29) is 6.17 Å². The largest absolute Gasteiger partial charge is 0.378 e. The van der Waals surface area contributed by atoms with Gasteiger partial charge in [-0.3, -0.25) is 5.43 Å². The maximum absolute atomic E-state index is 5.25. The summed E-state index contributed by atoms with van der Waals surface area (Å²) in [4.78, 5) is 4.14. The Balaban J connectivity index is 2.20. The topological polar surface area (TPSA) is 30.5 Å². The zero-order valence-electron chi connectivity index (χ0n) is 10.7. The van der Waals surface area contributed by atoms with Gasteiger partial charge in [-0.1, -0.05) is 18.2 Å². The minimum Gasteiger partial charge on any atom is -0.378 e. The van der Waals surface area contributed by atoms with Crippen LogP contribution in [-0.4, -0.2) is 30.7 Å². The Morgan fingerprint density at radius 1 is 1.39 bits per heavy atom. The molecule has 1 fully saturated rings. The molecule has 0 aliphatic carbocycles. The molecule has 5 heteroatoms. The molecule has 2 rings (SSSR count). The molecule has 1 heterocycles. The first-order valence-electron chi connectivity index (χ1n) is 5.84. The van der Waals surface area contributed by atoms with Gasteiger partial charge in [-0.05, 0) is 29.9 Å². The van der Waals surface area contributed by atoms with Crippen LogP contribution in [0.4, 0.5) is 5.69 Å². The highest BCUT2D eigenvalue weighted by Crippen LogP contribution is 2.23. The summed E-state index contributed by atoms with van der Waals surface area (Å²) < 4.78 is 0. The van der Waals surface area contributed by atoms with Crippen molar-refractivity contribution in [3.63, 3.8) is 0 Å². The van der Waals surface area contributed by atoms with Crippen LogP contribution in [0.1, 0.15) is 11.7 Å². The first kappa shape index (κ1) is 12.9. The lowest BCUT2D eigenvalue weighted by Gasteiger charge is -2.23. The lowest BCUT2D eigenvalue weighted by molar-refractivity contribution is 0.341. The molecule has 0 aromatic heterocycles. The van der Waals surface area contributed by atoms with E-state index < -0.39 is 0 Å². The molecule has 2 N–H and O–H groups in total. The van der Waals surface area contributed by atoms with Crippen LogP contribution >= 0.6 is 12.2 Å². The third kappa shape index (κ3) is 2.47. The first-order chi connectivity index (χ1) is 8.63. The Hall–Kier alpha value is -1.59. The normalized spacial score (nSPS) is 18.7. The fraction of sp³-hybridized carbons (Fsp3) is 0.308. The Morgan fingerprint density at radius 2 is 2.06 bits per heavy atom. The SMILES string of the molecule is C=CCN1C(=S)NNC1c1ccc(N(C)C)cc1. The lowest BCUT2D eigenvalue weighted by atomic mass is 10.1. The summed E-state index contributed by atoms with van der Waals surface area (Å²) in [6, 6.07) is 8.42. The molecule has 0 bridgehead atoms. The van der Waals surface area contributed by atoms with Crippen LogP contribution in [0.3, 0.4) is 0 Å². The molecule has 96 valence electrons. The smallest absolute Gasteiger partial charge is 0.185 e. The zero-order valence-corrected chi connectivity index (χ0v) is 11.5. The standard InChI is InChI=1S/C13H18N4S/c1-4-9-17-12(14-15-13(17)18)10-5-7-11(8-6-10)16(2)3/h4-8,12,14H,1,9H2,2-3H3,(H,15,18). The van der Waals surface area contributed by atoms with E-state index in [0.717, 1.165) is 6.54 Å². The monoisotopic (exact) mass is 262 g/mol. The van der Waals surface area contributed by atoms with E-state index in [0.29, 0.717) is 5.11 Å². The van der Waals surface area contributed by atoms with Crippen LogP contribution in [0.15, 0.2) is 36.9 Å². The second kappa shape index (κ2) is 5.37. The zero-order chi connectivity index (χ0) is 13.1. The lowest BCUT2D eigenvalue weighted by Crippen LogP contribution is -2.29. The van der Waals surface area contributed by atoms with Crippen molar-refractivity contribution in [3.8, 4) is 0 Å². The summed E-state index contributed by atoms with van der Waals surface area (Å²) in [7, 11) is 4.06. The van der Waals surface area contributed by atoms with Crippen LogP contribution in [0.2, 0.25) is 0 Å². The summed E-state index contributed by atoms with van der Waals surface area (Å²) in [5.41, 5.74) is 8.53. The highest BCUT2D eigenvalue weighted by Gasteiger charge is 2.27. The third-order valence-electron chi connectivity index (χ3n) is 2.94. The molecule has 1 aromatic carbocycles. The van der Waals surface area contributed by atoms with Crippen molar-refractivity contribution in [3.05, 3.63) is 42.5 Å². The van der Waals surface area contributed by atoms with Gasteiger partial charge in [-0.2, -0.15) is 0 Å². The molecule has 0 spiro atoms. The van der Waals surface area contributed by atoms with Gasteiger partial charge in [0.05, 0.1) is 0 Å². The molecule has 1 aliphatic heterocycles. The highest BCUT2D eigenvalue weighted by molar-refractivity contribution is 7.80. The maximum Gasteiger partial charge on any atom is 0.185 e. The second-order valence-corrected chi connectivity index (χ2v) is 4.79. The summed E-state index contributed by atoms with van der Waals surface area (Å²) in [5, 5.41) is 0.705. The van der Waals surface area contributed by atoms with Gasteiger partial charge in [0.2, 0.25) is 0 Å². The van der Waals surface area contributed by atoms with E-state index in [9.17, 15) is 0 Å². The van der Waals surface area contributed by atoms with E-state index in [1.165, 1.54) is 11.3 Å². The number of rotatable bonds is 4. The van der Waals surface area contributed by atoms with Gasteiger partial charge in [0.1, 0.15) is 6.17 Å². The number of hydrogen-bond donors (Lipinski definition) is 2. The molecule has 4 nitrogen and oxygen atoms in total. The van der Waals surface area contributed by atoms with Crippen molar-refractivity contribution in [2.24, 2.45) is 0 Å². The molecule has 1 unspecified atom stereocenters. The van der Waals surface area contributed by atoms with Crippen molar-refractivity contribution in [1.82, 2.24) is 15.8 Å². The number of nitrogens with one attached hydrogen (secondary N) is 2. The van der Waals surface area contributed by atoms with Gasteiger partial charge >= 0.3 is 0 Å². The van der Waals surface area contributed by atoms with Gasteiger partial charge in [-0.15, -0.1) is 6.58 Å². The summed E-state index contributed by atoms with van der Waals surface area (Å²) >= 11 is 5.25. The van der Waals surface area contributed by atoms with Crippen molar-refractivity contribution >= 4 is 23.0 Å². The van der Waals surface area contributed by atoms with E-state index in [1.807, 2.05) is 20.2 Å². The van der Waals surface area contributed by atoms with E-state index >= 15 is 0 Å². The van der Waals surface area contributed by atoms with Gasteiger partial charge in [0, 0.05) is 26.3 Å². The second-order valence-electron chi connectivity index (χ2n) is 4.40. The third-order valence-corrected chi connectivity index (χ3v) is 3.28. The molecule has 18 heavy (non-hydrogen) atoms. The van der Waals surface area contributed by atoms with Gasteiger partial charge in [0.15, 0.2) is 5.11 Å². The van der Waals surface area contributed by atoms with E-state index in [1.54, 1.807) is 0 Å². The minimum atomic E-state index is 0.0618. The molecule has 0 radical (unpaired) electrons. The van der Waals surface area contributed by atoms with E-state index in [2.05, 4.69) is 51.5 Å². The van der Waals surface area contributed by atoms with Crippen LogP contribution in [-0.2, 0) is 0 Å². The summed E-state index contributed by atoms with van der Waals surface area (Å²) in [6.45, 7) is 4.48. The first-order valence-corrected chi connectivity index (χ1v) is 6.24. The minimum absolute atomic E-state index is 0.0618. The predicted octanol–water partition coefficient (Wildman–Crippen LogP) is 1.63. The van der Waals surface area contributed by atoms with Crippen molar-refractivity contribution < 1.29 is 0 Å². The Morgan fingerprint density at radius 3 is 2.61 bits per heavy atom. The molecular weight excluding hydrogens is 244 g/mol. The molecular formula is C13H18N4S. The average Bonchev–Trinajstić information content (AvgIpc) is 2.72. The van der Waals surface area contributed by atoms with Crippen LogP contribution in [0.25, 0.3) is 0 Å². The van der Waals surface area contributed by atoms with Crippen LogP contribution in [0, 0.1) is 0 Å². The highest BCUT2D eigenvalue weighted by atomic mass is 32.1. The number of anilines is 1. The quantitative estimate of drug-likeness (QED) is 0.636. The Bertz CT molecular complexity index is 441. The number of nitrogens with zero attached hydrogens (tertiary/aromatic N) is 2. The van der Waals surface area contributed by atoms with Crippen molar-refractivity contribution in [2.75, 3.05) is 25.5 Å². The predicted molar refractivity (Wildman–Crippen MR) is 79.3 cm³/mol. The number of hydrazine groups is 1. The molecule has 1 saturated heterocycles. The van der Waals surface area contributed by atoms with Gasteiger partial charge < -0.3 is 9.80 Å². The molecule has 1 atom stereocenters. The summed E-state index contributed by atoms with van der Waals surface area (Å²) in [5.74, 6) is 0. The van der Waals surface area contributed by atoms with Crippen molar-refractivity contribution in [2.45, 2.75) is 6.17 Å². The number of thiocarbonyl (C=S) groups is 1. The maximum atomic E-state index is 5.25. The fourth-order valence-corrected chi connectivity index (χ4v) is 2.18. The summed E-state index contributed by atoms with van der Waals surface area (Å²) in [6.07, 6.45) is 1.91. The van der Waals surface area contributed by atoms with Crippen molar-refractivity contribution in [1.29, 1.82) is 0 Å². The molecule has 1 aliphatic rings. The average molecular weight is 262 g/mol. The molecule has 0 amide bonds. The number of benzene rings is 1. The van der Waals surface area contributed by atoms with Crippen LogP contribution < -0.4 is 15.8 Å². The number of hydrogen-bond acceptors (Lipinski definition) is 3.